The molecule has 0 heterocycles. The molecular weight excluding hydrogens is 428 g/mol. The number of benzene rings is 3. The van der Waals surface area contributed by atoms with Gasteiger partial charge >= 0.3 is 0 Å². The normalized spacial score (nSPS) is 12.6. The Bertz CT molecular complexity index is 1080. The standard InChI is InChI=1S/C28H32N2O4/c1-20(21-8-6-5-7-9-21)30(2)19-23(16-17-31)28(32)29-24-12-15-27(34-4)26(18-24)22-10-13-25(33-3)14-11-22/h5-15,17-18,20,23H,16,19H2,1-4H3,(H,29,32). The first kappa shape index (κ1) is 25.0. The van der Waals surface area contributed by atoms with Gasteiger partial charge in [-0.2, -0.15) is 0 Å². The molecule has 3 rings (SSSR count). The number of methoxy groups -OCH3 is 2. The summed E-state index contributed by atoms with van der Waals surface area (Å²) in [5.41, 5.74) is 3.60. The Kier molecular flexibility index (Phi) is 8.82. The van der Waals surface area contributed by atoms with Crippen LogP contribution in [0.15, 0.2) is 72.8 Å². The van der Waals surface area contributed by atoms with Gasteiger partial charge in [0, 0.05) is 30.3 Å². The monoisotopic (exact) mass is 460 g/mol. The number of nitrogens with one attached hydrogen (secondary N) is 1. The third-order valence-electron chi connectivity index (χ3n) is 6.07. The molecule has 34 heavy (non-hydrogen) atoms. The molecule has 0 spiro atoms. The van der Waals surface area contributed by atoms with E-state index in [1.54, 1.807) is 20.3 Å². The van der Waals surface area contributed by atoms with Crippen LogP contribution in [0.25, 0.3) is 11.1 Å². The van der Waals surface area contributed by atoms with Gasteiger partial charge in [-0.05, 0) is 55.4 Å². The molecule has 0 aliphatic carbocycles. The molecule has 178 valence electrons. The fourth-order valence-corrected chi connectivity index (χ4v) is 3.90. The number of amides is 1. The van der Waals surface area contributed by atoms with Gasteiger partial charge in [-0.25, -0.2) is 0 Å². The lowest BCUT2D eigenvalue weighted by Crippen LogP contribution is -2.35. The third-order valence-corrected chi connectivity index (χ3v) is 6.07. The highest BCUT2D eigenvalue weighted by Gasteiger charge is 2.23. The van der Waals surface area contributed by atoms with Crippen molar-refractivity contribution in [1.82, 2.24) is 4.90 Å². The van der Waals surface area contributed by atoms with Gasteiger partial charge in [0.1, 0.15) is 17.8 Å². The Morgan fingerprint density at radius 1 is 1.00 bits per heavy atom. The zero-order valence-corrected chi connectivity index (χ0v) is 20.2. The van der Waals surface area contributed by atoms with Gasteiger partial charge in [0.25, 0.3) is 0 Å². The molecule has 3 aromatic carbocycles. The molecule has 1 N–H and O–H groups in total. The number of hydrogen-bond donors (Lipinski definition) is 1. The van der Waals surface area contributed by atoms with Gasteiger partial charge in [0.2, 0.25) is 5.91 Å². The second kappa shape index (κ2) is 12.0. The lowest BCUT2D eigenvalue weighted by Gasteiger charge is -2.28. The van der Waals surface area contributed by atoms with Crippen molar-refractivity contribution < 1.29 is 19.1 Å². The quantitative estimate of drug-likeness (QED) is 0.398. The van der Waals surface area contributed by atoms with Crippen LogP contribution in [-0.4, -0.2) is 44.9 Å². The second-order valence-electron chi connectivity index (χ2n) is 8.26. The number of carbonyl (C=O) groups is 2. The van der Waals surface area contributed by atoms with Crippen molar-refractivity contribution in [2.45, 2.75) is 19.4 Å². The number of anilines is 1. The van der Waals surface area contributed by atoms with Crippen molar-refractivity contribution in [3.63, 3.8) is 0 Å². The predicted molar refractivity (Wildman–Crippen MR) is 135 cm³/mol. The number of hydrogen-bond acceptors (Lipinski definition) is 5. The molecule has 0 saturated heterocycles. The summed E-state index contributed by atoms with van der Waals surface area (Å²) in [5, 5.41) is 2.99. The fraction of sp³-hybridized carbons (Fsp3) is 0.286. The van der Waals surface area contributed by atoms with Crippen molar-refractivity contribution in [2.24, 2.45) is 5.92 Å². The van der Waals surface area contributed by atoms with Gasteiger partial charge in [-0.3, -0.25) is 9.69 Å². The highest BCUT2D eigenvalue weighted by atomic mass is 16.5. The largest absolute Gasteiger partial charge is 0.497 e. The summed E-state index contributed by atoms with van der Waals surface area (Å²) in [6, 6.07) is 23.4. The Labute approximate surface area is 201 Å². The minimum absolute atomic E-state index is 0.116. The first-order valence-corrected chi connectivity index (χ1v) is 11.3. The molecule has 6 nitrogen and oxygen atoms in total. The fourth-order valence-electron chi connectivity index (χ4n) is 3.90. The van der Waals surface area contributed by atoms with E-state index in [0.717, 1.165) is 28.7 Å². The first-order chi connectivity index (χ1) is 16.5. The van der Waals surface area contributed by atoms with E-state index in [2.05, 4.69) is 29.3 Å². The molecule has 0 aliphatic heterocycles. The zero-order valence-electron chi connectivity index (χ0n) is 20.2. The smallest absolute Gasteiger partial charge is 0.229 e. The summed E-state index contributed by atoms with van der Waals surface area (Å²) < 4.78 is 10.8. The van der Waals surface area contributed by atoms with E-state index in [4.69, 9.17) is 9.47 Å². The van der Waals surface area contributed by atoms with Gasteiger partial charge < -0.3 is 19.6 Å². The maximum Gasteiger partial charge on any atom is 0.229 e. The number of rotatable bonds is 11. The summed E-state index contributed by atoms with van der Waals surface area (Å²) in [5.74, 6) is 0.798. The summed E-state index contributed by atoms with van der Waals surface area (Å²) in [7, 11) is 5.21. The van der Waals surface area contributed by atoms with E-state index in [1.807, 2.05) is 61.6 Å². The highest BCUT2D eigenvalue weighted by molar-refractivity contribution is 5.94. The van der Waals surface area contributed by atoms with Crippen LogP contribution in [0, 0.1) is 5.92 Å². The third kappa shape index (κ3) is 6.23. The molecule has 0 aromatic heterocycles. The lowest BCUT2D eigenvalue weighted by molar-refractivity contribution is -0.123. The summed E-state index contributed by atoms with van der Waals surface area (Å²) >= 11 is 0. The molecule has 2 atom stereocenters. The van der Waals surface area contributed by atoms with E-state index in [1.165, 1.54) is 0 Å². The summed E-state index contributed by atoms with van der Waals surface area (Å²) in [6.45, 7) is 2.55. The van der Waals surface area contributed by atoms with Crippen LogP contribution >= 0.6 is 0 Å². The molecule has 0 fully saturated rings. The maximum atomic E-state index is 13.1. The van der Waals surface area contributed by atoms with E-state index < -0.39 is 5.92 Å². The molecule has 0 aliphatic rings. The van der Waals surface area contributed by atoms with Crippen molar-refractivity contribution in [2.75, 3.05) is 33.1 Å². The van der Waals surface area contributed by atoms with Crippen molar-refractivity contribution in [1.29, 1.82) is 0 Å². The van der Waals surface area contributed by atoms with Crippen LogP contribution in [0.1, 0.15) is 24.9 Å². The lowest BCUT2D eigenvalue weighted by atomic mass is 10.0. The number of aldehydes is 1. The van der Waals surface area contributed by atoms with Crippen LogP contribution < -0.4 is 14.8 Å². The minimum atomic E-state index is -0.472. The van der Waals surface area contributed by atoms with Gasteiger partial charge in [-0.15, -0.1) is 0 Å². The van der Waals surface area contributed by atoms with E-state index in [9.17, 15) is 9.59 Å². The molecule has 0 bridgehead atoms. The average molecular weight is 461 g/mol. The zero-order chi connectivity index (χ0) is 24.5. The number of ether oxygens (including phenoxy) is 2. The minimum Gasteiger partial charge on any atom is -0.497 e. The predicted octanol–water partition coefficient (Wildman–Crippen LogP) is 5.21. The van der Waals surface area contributed by atoms with E-state index in [0.29, 0.717) is 18.0 Å². The van der Waals surface area contributed by atoms with E-state index in [-0.39, 0.29) is 18.4 Å². The van der Waals surface area contributed by atoms with Crippen LogP contribution in [-0.2, 0) is 9.59 Å². The van der Waals surface area contributed by atoms with Gasteiger partial charge in [0.15, 0.2) is 0 Å². The van der Waals surface area contributed by atoms with Crippen LogP contribution in [0.4, 0.5) is 5.69 Å². The Hall–Kier alpha value is -3.64. The van der Waals surface area contributed by atoms with Crippen LogP contribution in [0.5, 0.6) is 11.5 Å². The molecule has 3 aromatic rings. The highest BCUT2D eigenvalue weighted by Crippen LogP contribution is 2.33. The topological polar surface area (TPSA) is 67.9 Å². The summed E-state index contributed by atoms with van der Waals surface area (Å²) in [4.78, 5) is 26.6. The summed E-state index contributed by atoms with van der Waals surface area (Å²) in [6.07, 6.45) is 0.960. The molecule has 0 radical (unpaired) electrons. The average Bonchev–Trinajstić information content (AvgIpc) is 2.88. The van der Waals surface area contributed by atoms with Crippen molar-refractivity contribution in [3.05, 3.63) is 78.4 Å². The second-order valence-corrected chi connectivity index (χ2v) is 8.26. The Morgan fingerprint density at radius 2 is 1.71 bits per heavy atom. The van der Waals surface area contributed by atoms with E-state index >= 15 is 0 Å². The van der Waals surface area contributed by atoms with Gasteiger partial charge in [0.05, 0.1) is 20.1 Å². The number of nitrogens with zero attached hydrogens (tertiary/aromatic N) is 1. The van der Waals surface area contributed by atoms with Crippen molar-refractivity contribution in [3.8, 4) is 22.6 Å². The molecule has 1 amide bonds. The maximum absolute atomic E-state index is 13.1. The molecule has 6 heteroatoms. The Balaban J connectivity index is 1.76. The first-order valence-electron chi connectivity index (χ1n) is 11.3. The molecular formula is C28H32N2O4. The molecule has 2 unspecified atom stereocenters. The molecule has 0 saturated carbocycles. The van der Waals surface area contributed by atoms with Crippen molar-refractivity contribution >= 4 is 17.9 Å². The number of carbonyl (C=O) groups excluding carboxylic acids is 2. The Morgan fingerprint density at radius 3 is 2.32 bits per heavy atom. The SMILES string of the molecule is COc1ccc(-c2cc(NC(=O)C(CC=O)CN(C)C(C)c3ccccc3)ccc2OC)cc1. The van der Waals surface area contributed by atoms with Crippen LogP contribution in [0.2, 0.25) is 0 Å². The van der Waals surface area contributed by atoms with Gasteiger partial charge in [-0.1, -0.05) is 42.5 Å². The van der Waals surface area contributed by atoms with Crippen LogP contribution in [0.3, 0.4) is 0 Å².